The molecule has 0 unspecified atom stereocenters. The number of aryl methyl sites for hydroxylation is 1. The van der Waals surface area contributed by atoms with Crippen LogP contribution >= 0.6 is 0 Å². The van der Waals surface area contributed by atoms with Gasteiger partial charge in [-0.15, -0.1) is 0 Å². The van der Waals surface area contributed by atoms with Crippen LogP contribution in [0.15, 0.2) is 12.1 Å². The highest BCUT2D eigenvalue weighted by Crippen LogP contribution is 2.10. The number of nitrogens with zero attached hydrogens (tertiary/aromatic N) is 2. The van der Waals surface area contributed by atoms with Crippen molar-refractivity contribution in [2.24, 2.45) is 7.05 Å². The molecule has 1 heterocycles. The van der Waals surface area contributed by atoms with E-state index >= 15 is 0 Å². The molecule has 3 nitrogen and oxygen atoms in total. The van der Waals surface area contributed by atoms with Crippen LogP contribution in [0, 0.1) is 6.92 Å². The van der Waals surface area contributed by atoms with Gasteiger partial charge in [0.15, 0.2) is 0 Å². The second-order valence-electron chi connectivity index (χ2n) is 4.21. The lowest BCUT2D eigenvalue weighted by Gasteiger charge is -2.21. The Morgan fingerprint density at radius 2 is 1.81 bits per heavy atom. The molecule has 0 saturated heterocycles. The van der Waals surface area contributed by atoms with Crippen molar-refractivity contribution in [3.8, 4) is 0 Å². The fraction of sp³-hybridized carbons (Fsp3) is 0.615. The van der Waals surface area contributed by atoms with Crippen molar-refractivity contribution in [1.29, 1.82) is 0 Å². The lowest BCUT2D eigenvalue weighted by molar-refractivity contribution is 0.0746. The van der Waals surface area contributed by atoms with Crippen molar-refractivity contribution < 1.29 is 4.79 Å². The number of aromatic nitrogens is 1. The monoisotopic (exact) mass is 222 g/mol. The summed E-state index contributed by atoms with van der Waals surface area (Å²) in [5.41, 5.74) is 1.91. The molecule has 1 amide bonds. The van der Waals surface area contributed by atoms with Gasteiger partial charge in [-0.05, 0) is 31.9 Å². The maximum atomic E-state index is 12.3. The predicted molar refractivity (Wildman–Crippen MR) is 66.6 cm³/mol. The zero-order valence-electron chi connectivity index (χ0n) is 10.8. The molecule has 0 aliphatic carbocycles. The molecule has 0 aliphatic rings. The van der Waals surface area contributed by atoms with Crippen LogP contribution in [0.25, 0.3) is 0 Å². The first kappa shape index (κ1) is 12.8. The predicted octanol–water partition coefficient (Wildman–Crippen LogP) is 2.60. The molecule has 0 atom stereocenters. The Morgan fingerprint density at radius 3 is 2.19 bits per heavy atom. The Labute approximate surface area is 98.1 Å². The van der Waals surface area contributed by atoms with Crippen LogP contribution in [0.1, 0.15) is 42.9 Å². The van der Waals surface area contributed by atoms with Crippen LogP contribution in [0.5, 0.6) is 0 Å². The van der Waals surface area contributed by atoms with E-state index in [2.05, 4.69) is 13.8 Å². The van der Waals surface area contributed by atoms with Gasteiger partial charge in [-0.3, -0.25) is 4.79 Å². The molecule has 0 aliphatic heterocycles. The van der Waals surface area contributed by atoms with Crippen LogP contribution in [-0.2, 0) is 7.05 Å². The zero-order chi connectivity index (χ0) is 12.1. The van der Waals surface area contributed by atoms with E-state index in [1.165, 1.54) is 0 Å². The average Bonchev–Trinajstić information content (AvgIpc) is 2.59. The molecular weight excluding hydrogens is 200 g/mol. The number of hydrogen-bond acceptors (Lipinski definition) is 1. The van der Waals surface area contributed by atoms with Crippen molar-refractivity contribution in [3.63, 3.8) is 0 Å². The Hall–Kier alpha value is -1.25. The highest BCUT2D eigenvalue weighted by molar-refractivity contribution is 5.92. The highest BCUT2D eigenvalue weighted by atomic mass is 16.2. The fourth-order valence-electron chi connectivity index (χ4n) is 1.84. The van der Waals surface area contributed by atoms with Crippen LogP contribution in [0.4, 0.5) is 0 Å². The van der Waals surface area contributed by atoms with Gasteiger partial charge in [0.25, 0.3) is 5.91 Å². The van der Waals surface area contributed by atoms with Gasteiger partial charge in [0, 0.05) is 25.8 Å². The number of hydrogen-bond donors (Lipinski definition) is 0. The van der Waals surface area contributed by atoms with E-state index in [1.807, 2.05) is 35.6 Å². The van der Waals surface area contributed by atoms with Gasteiger partial charge < -0.3 is 9.47 Å². The molecule has 90 valence electrons. The van der Waals surface area contributed by atoms with E-state index in [9.17, 15) is 4.79 Å². The summed E-state index contributed by atoms with van der Waals surface area (Å²) >= 11 is 0. The number of carbonyl (C=O) groups excluding carboxylic acids is 1. The minimum Gasteiger partial charge on any atom is -0.344 e. The molecule has 0 fully saturated rings. The standard InChI is InChI=1S/C13H22N2O/c1-5-9-15(10-6-2)13(16)12-8-7-11(3)14(12)4/h7-8H,5-6,9-10H2,1-4H3. The van der Waals surface area contributed by atoms with Crippen LogP contribution in [0.3, 0.4) is 0 Å². The molecule has 1 rings (SSSR count). The first-order valence-electron chi connectivity index (χ1n) is 6.03. The second kappa shape index (κ2) is 5.73. The van der Waals surface area contributed by atoms with Gasteiger partial charge in [-0.25, -0.2) is 0 Å². The van der Waals surface area contributed by atoms with Gasteiger partial charge in [-0.1, -0.05) is 13.8 Å². The molecule has 3 heteroatoms. The Kier molecular flexibility index (Phi) is 4.59. The summed E-state index contributed by atoms with van der Waals surface area (Å²) in [6.07, 6.45) is 2.02. The summed E-state index contributed by atoms with van der Waals surface area (Å²) in [4.78, 5) is 14.2. The minimum atomic E-state index is 0.152. The second-order valence-corrected chi connectivity index (χ2v) is 4.21. The maximum absolute atomic E-state index is 12.3. The summed E-state index contributed by atoms with van der Waals surface area (Å²) < 4.78 is 1.96. The summed E-state index contributed by atoms with van der Waals surface area (Å²) in [6, 6.07) is 3.90. The molecule has 1 aromatic heterocycles. The number of amides is 1. The Bertz CT molecular complexity index is 349. The quantitative estimate of drug-likeness (QED) is 0.751. The van der Waals surface area contributed by atoms with Crippen LogP contribution < -0.4 is 0 Å². The van der Waals surface area contributed by atoms with Gasteiger partial charge >= 0.3 is 0 Å². The molecule has 0 spiro atoms. The molecule has 0 N–H and O–H groups in total. The van der Waals surface area contributed by atoms with E-state index in [1.54, 1.807) is 0 Å². The van der Waals surface area contributed by atoms with Crippen molar-refractivity contribution >= 4 is 5.91 Å². The lowest BCUT2D eigenvalue weighted by Crippen LogP contribution is -2.33. The van der Waals surface area contributed by atoms with Gasteiger partial charge in [0.1, 0.15) is 5.69 Å². The molecule has 0 bridgehead atoms. The van der Waals surface area contributed by atoms with E-state index in [-0.39, 0.29) is 5.91 Å². The van der Waals surface area contributed by atoms with E-state index in [0.717, 1.165) is 37.3 Å². The van der Waals surface area contributed by atoms with Crippen molar-refractivity contribution in [1.82, 2.24) is 9.47 Å². The molecule has 0 saturated carbocycles. The smallest absolute Gasteiger partial charge is 0.270 e. The van der Waals surface area contributed by atoms with Gasteiger partial charge in [-0.2, -0.15) is 0 Å². The minimum absolute atomic E-state index is 0.152. The Morgan fingerprint density at radius 1 is 1.25 bits per heavy atom. The summed E-state index contributed by atoms with van der Waals surface area (Å²) in [7, 11) is 1.94. The SMILES string of the molecule is CCCN(CCC)C(=O)c1ccc(C)n1C. The van der Waals surface area contributed by atoms with Crippen molar-refractivity contribution in [2.75, 3.05) is 13.1 Å². The first-order chi connectivity index (χ1) is 7.61. The van der Waals surface area contributed by atoms with Crippen LogP contribution in [0.2, 0.25) is 0 Å². The zero-order valence-corrected chi connectivity index (χ0v) is 10.8. The third-order valence-electron chi connectivity index (χ3n) is 2.87. The summed E-state index contributed by atoms with van der Waals surface area (Å²) in [5, 5.41) is 0. The molecular formula is C13H22N2O. The lowest BCUT2D eigenvalue weighted by atomic mass is 10.3. The largest absolute Gasteiger partial charge is 0.344 e. The van der Waals surface area contributed by atoms with Gasteiger partial charge in [0.05, 0.1) is 0 Å². The van der Waals surface area contributed by atoms with E-state index in [4.69, 9.17) is 0 Å². The normalized spacial score (nSPS) is 10.5. The third kappa shape index (κ3) is 2.65. The Balaban J connectivity index is 2.85. The molecule has 16 heavy (non-hydrogen) atoms. The summed E-state index contributed by atoms with van der Waals surface area (Å²) in [5.74, 6) is 0.152. The topological polar surface area (TPSA) is 25.2 Å². The number of carbonyl (C=O) groups is 1. The number of rotatable bonds is 5. The average molecular weight is 222 g/mol. The van der Waals surface area contributed by atoms with Crippen molar-refractivity contribution in [3.05, 3.63) is 23.5 Å². The van der Waals surface area contributed by atoms with Crippen LogP contribution in [-0.4, -0.2) is 28.5 Å². The van der Waals surface area contributed by atoms with Gasteiger partial charge in [0.2, 0.25) is 0 Å². The molecule has 0 aromatic carbocycles. The third-order valence-corrected chi connectivity index (χ3v) is 2.87. The molecule has 0 radical (unpaired) electrons. The van der Waals surface area contributed by atoms with Crippen molar-refractivity contribution in [2.45, 2.75) is 33.6 Å². The fourth-order valence-corrected chi connectivity index (χ4v) is 1.84. The maximum Gasteiger partial charge on any atom is 0.270 e. The molecule has 1 aromatic rings. The highest BCUT2D eigenvalue weighted by Gasteiger charge is 2.17. The summed E-state index contributed by atoms with van der Waals surface area (Å²) in [6.45, 7) is 7.91. The van der Waals surface area contributed by atoms with E-state index in [0.29, 0.717) is 0 Å². The first-order valence-corrected chi connectivity index (χ1v) is 6.03. The van der Waals surface area contributed by atoms with E-state index < -0.39 is 0 Å².